The SMILES string of the molecule is CCS(=O)(=O)c1c(N2CCOCC2)sc(C#N)c1N. The molecule has 1 aromatic heterocycles. The number of ether oxygens (including phenoxy) is 1. The Morgan fingerprint density at radius 3 is 2.63 bits per heavy atom. The number of rotatable bonds is 3. The second-order valence-corrected chi connectivity index (χ2v) is 7.31. The minimum absolute atomic E-state index is 0.0316. The normalized spacial score (nSPS) is 16.3. The van der Waals surface area contributed by atoms with Crippen molar-refractivity contribution in [2.24, 2.45) is 0 Å². The smallest absolute Gasteiger partial charge is 0.183 e. The van der Waals surface area contributed by atoms with Crippen LogP contribution in [0.25, 0.3) is 0 Å². The molecule has 2 N–H and O–H groups in total. The third-order valence-corrected chi connectivity index (χ3v) is 6.07. The highest BCUT2D eigenvalue weighted by atomic mass is 32.2. The van der Waals surface area contributed by atoms with E-state index in [0.717, 1.165) is 11.3 Å². The first kappa shape index (κ1) is 14.1. The molecule has 0 spiro atoms. The van der Waals surface area contributed by atoms with E-state index in [-0.39, 0.29) is 21.2 Å². The van der Waals surface area contributed by atoms with E-state index in [9.17, 15) is 8.42 Å². The van der Waals surface area contributed by atoms with Crippen LogP contribution in [-0.2, 0) is 14.6 Å². The van der Waals surface area contributed by atoms with Crippen molar-refractivity contribution < 1.29 is 13.2 Å². The summed E-state index contributed by atoms with van der Waals surface area (Å²) in [7, 11) is -3.45. The summed E-state index contributed by atoms with van der Waals surface area (Å²) in [5.41, 5.74) is 5.91. The topological polar surface area (TPSA) is 96.4 Å². The number of thiophene rings is 1. The number of hydrogen-bond acceptors (Lipinski definition) is 7. The molecule has 6 nitrogen and oxygen atoms in total. The van der Waals surface area contributed by atoms with Gasteiger partial charge in [-0.2, -0.15) is 5.26 Å². The number of anilines is 2. The average molecular weight is 301 g/mol. The second kappa shape index (κ2) is 5.36. The fourth-order valence-electron chi connectivity index (χ4n) is 1.92. The highest BCUT2D eigenvalue weighted by Gasteiger charge is 2.29. The van der Waals surface area contributed by atoms with Gasteiger partial charge < -0.3 is 15.4 Å². The van der Waals surface area contributed by atoms with E-state index >= 15 is 0 Å². The minimum Gasteiger partial charge on any atom is -0.396 e. The molecule has 1 fully saturated rings. The summed E-state index contributed by atoms with van der Waals surface area (Å²) in [6, 6.07) is 1.96. The summed E-state index contributed by atoms with van der Waals surface area (Å²) < 4.78 is 29.6. The Bertz CT molecular complexity index is 610. The number of nitrogen functional groups attached to an aromatic ring is 1. The maximum Gasteiger partial charge on any atom is 0.183 e. The molecule has 19 heavy (non-hydrogen) atoms. The molecule has 0 amide bonds. The molecule has 0 aromatic carbocycles. The summed E-state index contributed by atoms with van der Waals surface area (Å²) in [6.45, 7) is 3.88. The van der Waals surface area contributed by atoms with Gasteiger partial charge in [-0.1, -0.05) is 6.92 Å². The molecule has 0 saturated carbocycles. The molecule has 8 heteroatoms. The fraction of sp³-hybridized carbons (Fsp3) is 0.545. The van der Waals surface area contributed by atoms with Crippen molar-refractivity contribution in [3.8, 4) is 6.07 Å². The quantitative estimate of drug-likeness (QED) is 0.888. The van der Waals surface area contributed by atoms with Gasteiger partial charge in [-0.3, -0.25) is 0 Å². The zero-order valence-corrected chi connectivity index (χ0v) is 12.2. The van der Waals surface area contributed by atoms with E-state index in [1.54, 1.807) is 6.92 Å². The van der Waals surface area contributed by atoms with E-state index in [4.69, 9.17) is 15.7 Å². The van der Waals surface area contributed by atoms with Crippen molar-refractivity contribution in [3.63, 3.8) is 0 Å². The summed E-state index contributed by atoms with van der Waals surface area (Å²) >= 11 is 1.14. The molecular formula is C11H15N3O3S2. The third kappa shape index (κ3) is 2.54. The minimum atomic E-state index is -3.45. The van der Waals surface area contributed by atoms with Crippen LogP contribution in [0.3, 0.4) is 0 Å². The molecule has 1 aliphatic rings. The fourth-order valence-corrected chi connectivity index (χ4v) is 4.58. The zero-order valence-electron chi connectivity index (χ0n) is 10.5. The highest BCUT2D eigenvalue weighted by molar-refractivity contribution is 7.91. The Hall–Kier alpha value is -1.30. The average Bonchev–Trinajstić information content (AvgIpc) is 2.77. The summed E-state index contributed by atoms with van der Waals surface area (Å²) in [5, 5.41) is 9.60. The Labute approximate surface area is 116 Å². The van der Waals surface area contributed by atoms with Crippen LogP contribution in [0.4, 0.5) is 10.7 Å². The first-order valence-corrected chi connectivity index (χ1v) is 8.36. The number of nitrogens with zero attached hydrogens (tertiary/aromatic N) is 2. The van der Waals surface area contributed by atoms with Crippen molar-refractivity contribution in [2.45, 2.75) is 11.8 Å². The number of nitriles is 1. The Morgan fingerprint density at radius 1 is 1.47 bits per heavy atom. The van der Waals surface area contributed by atoms with Crippen LogP contribution in [-0.4, -0.2) is 40.5 Å². The molecule has 1 aromatic rings. The van der Waals surface area contributed by atoms with Gasteiger partial charge in [0.1, 0.15) is 20.8 Å². The van der Waals surface area contributed by atoms with Crippen LogP contribution in [0.15, 0.2) is 4.90 Å². The number of nitrogens with two attached hydrogens (primary N) is 1. The second-order valence-electron chi connectivity index (χ2n) is 4.09. The van der Waals surface area contributed by atoms with Crippen LogP contribution in [0.1, 0.15) is 11.8 Å². The molecule has 0 unspecified atom stereocenters. The predicted octanol–water partition coefficient (Wildman–Crippen LogP) is 0.832. The van der Waals surface area contributed by atoms with E-state index in [2.05, 4.69) is 0 Å². The Kier molecular flexibility index (Phi) is 3.99. The van der Waals surface area contributed by atoms with Crippen molar-refractivity contribution in [2.75, 3.05) is 42.7 Å². The van der Waals surface area contributed by atoms with E-state index in [0.29, 0.717) is 31.3 Å². The largest absolute Gasteiger partial charge is 0.396 e. The van der Waals surface area contributed by atoms with Crippen molar-refractivity contribution in [3.05, 3.63) is 4.88 Å². The lowest BCUT2D eigenvalue weighted by Crippen LogP contribution is -2.36. The van der Waals surface area contributed by atoms with Gasteiger partial charge in [-0.05, 0) is 0 Å². The number of morpholine rings is 1. The summed E-state index contributed by atoms with van der Waals surface area (Å²) in [5.74, 6) is -0.0316. The van der Waals surface area contributed by atoms with Gasteiger partial charge in [-0.25, -0.2) is 8.42 Å². The van der Waals surface area contributed by atoms with Crippen LogP contribution in [0, 0.1) is 11.3 Å². The predicted molar refractivity (Wildman–Crippen MR) is 74.2 cm³/mol. The van der Waals surface area contributed by atoms with Gasteiger partial charge in [0, 0.05) is 13.1 Å². The van der Waals surface area contributed by atoms with E-state index in [1.165, 1.54) is 0 Å². The van der Waals surface area contributed by atoms with Gasteiger partial charge >= 0.3 is 0 Å². The van der Waals surface area contributed by atoms with Gasteiger partial charge in [0.2, 0.25) is 0 Å². The van der Waals surface area contributed by atoms with Crippen LogP contribution in [0.5, 0.6) is 0 Å². The molecule has 1 aliphatic heterocycles. The lowest BCUT2D eigenvalue weighted by atomic mass is 10.4. The van der Waals surface area contributed by atoms with Crippen molar-refractivity contribution >= 4 is 31.9 Å². The molecule has 104 valence electrons. The van der Waals surface area contributed by atoms with Gasteiger partial charge in [0.05, 0.1) is 24.7 Å². The van der Waals surface area contributed by atoms with Gasteiger partial charge in [0.15, 0.2) is 9.84 Å². The summed E-state index contributed by atoms with van der Waals surface area (Å²) in [6.07, 6.45) is 0. The van der Waals surface area contributed by atoms with Crippen LogP contribution in [0.2, 0.25) is 0 Å². The Morgan fingerprint density at radius 2 is 2.11 bits per heavy atom. The molecule has 0 bridgehead atoms. The maximum absolute atomic E-state index is 12.2. The zero-order chi connectivity index (χ0) is 14.0. The highest BCUT2D eigenvalue weighted by Crippen LogP contribution is 2.41. The first-order valence-electron chi connectivity index (χ1n) is 5.89. The molecule has 0 aliphatic carbocycles. The van der Waals surface area contributed by atoms with Gasteiger partial charge in [0.25, 0.3) is 0 Å². The third-order valence-electron chi connectivity index (χ3n) is 2.97. The first-order chi connectivity index (χ1) is 9.01. The molecular weight excluding hydrogens is 286 g/mol. The van der Waals surface area contributed by atoms with Gasteiger partial charge in [-0.15, -0.1) is 11.3 Å². The molecule has 1 saturated heterocycles. The van der Waals surface area contributed by atoms with E-state index < -0.39 is 9.84 Å². The molecule has 0 atom stereocenters. The molecule has 2 heterocycles. The molecule has 0 radical (unpaired) electrons. The lowest BCUT2D eigenvalue weighted by Gasteiger charge is -2.28. The lowest BCUT2D eigenvalue weighted by molar-refractivity contribution is 0.123. The van der Waals surface area contributed by atoms with E-state index in [1.807, 2.05) is 11.0 Å². The Balaban J connectivity index is 2.57. The maximum atomic E-state index is 12.2. The van der Waals surface area contributed by atoms with Crippen molar-refractivity contribution in [1.29, 1.82) is 5.26 Å². The number of hydrogen-bond donors (Lipinski definition) is 1. The number of sulfone groups is 1. The standard InChI is InChI=1S/C11H15N3O3S2/c1-2-19(15,16)10-9(13)8(7-12)18-11(10)14-3-5-17-6-4-14/h2-6,13H2,1H3. The monoisotopic (exact) mass is 301 g/mol. The summed E-state index contributed by atoms with van der Waals surface area (Å²) in [4.78, 5) is 2.29. The van der Waals surface area contributed by atoms with Crippen LogP contribution < -0.4 is 10.6 Å². The van der Waals surface area contributed by atoms with Crippen molar-refractivity contribution in [1.82, 2.24) is 0 Å². The molecule has 2 rings (SSSR count). The van der Waals surface area contributed by atoms with Crippen LogP contribution >= 0.6 is 11.3 Å².